The van der Waals surface area contributed by atoms with Gasteiger partial charge in [-0.1, -0.05) is 18.7 Å². The average molecular weight is 325 g/mol. The van der Waals surface area contributed by atoms with Crippen molar-refractivity contribution in [3.8, 4) is 0 Å². The van der Waals surface area contributed by atoms with Crippen molar-refractivity contribution in [1.29, 1.82) is 0 Å². The quantitative estimate of drug-likeness (QED) is 0.768. The van der Waals surface area contributed by atoms with Gasteiger partial charge in [0.25, 0.3) is 0 Å². The van der Waals surface area contributed by atoms with Gasteiger partial charge in [-0.15, -0.1) is 0 Å². The maximum Gasteiger partial charge on any atom is 0.224 e. The summed E-state index contributed by atoms with van der Waals surface area (Å²) in [5.74, 6) is 0.671. The van der Waals surface area contributed by atoms with Crippen LogP contribution in [0.15, 0.2) is 43.2 Å². The van der Waals surface area contributed by atoms with E-state index < -0.39 is 0 Å². The third kappa shape index (κ3) is 3.72. The molecule has 1 aromatic carbocycles. The predicted octanol–water partition coefficient (Wildman–Crippen LogP) is 2.81. The topological polar surface area (TPSA) is 55.2 Å². The molecule has 5 nitrogen and oxygen atoms in total. The molecular weight excluding hydrogens is 302 g/mol. The lowest BCUT2D eigenvalue weighted by Gasteiger charge is -2.31. The van der Waals surface area contributed by atoms with Crippen molar-refractivity contribution in [2.24, 2.45) is 5.92 Å². The number of allylic oxidation sites excluding steroid dienone is 1. The van der Waals surface area contributed by atoms with Gasteiger partial charge in [0.2, 0.25) is 5.91 Å². The first-order chi connectivity index (χ1) is 11.7. The number of hydrogen-bond donors (Lipinski definition) is 0. The Morgan fingerprint density at radius 3 is 2.75 bits per heavy atom. The predicted molar refractivity (Wildman–Crippen MR) is 93.5 cm³/mol. The van der Waals surface area contributed by atoms with Crippen LogP contribution in [0.2, 0.25) is 0 Å². The number of para-hydroxylation sites is 2. The van der Waals surface area contributed by atoms with E-state index in [0.29, 0.717) is 25.3 Å². The standard InChI is InChI=1S/C19H23N3O2/c1-2-16(23)13-15-7-10-21(11-8-15)19(24)9-12-22-14-20-17-5-3-4-6-18(17)22/h2-6,14-15H,1,7-13H2. The highest BCUT2D eigenvalue weighted by atomic mass is 16.2. The van der Waals surface area contributed by atoms with Crippen LogP contribution in [0.4, 0.5) is 0 Å². The molecule has 2 heterocycles. The third-order valence-corrected chi connectivity index (χ3v) is 4.78. The fourth-order valence-corrected chi connectivity index (χ4v) is 3.32. The van der Waals surface area contributed by atoms with E-state index in [9.17, 15) is 9.59 Å². The van der Waals surface area contributed by atoms with Crippen molar-refractivity contribution in [3.05, 3.63) is 43.2 Å². The van der Waals surface area contributed by atoms with Crippen LogP contribution >= 0.6 is 0 Å². The van der Waals surface area contributed by atoms with E-state index in [1.165, 1.54) is 6.08 Å². The van der Waals surface area contributed by atoms with E-state index in [2.05, 4.69) is 11.6 Å². The molecule has 5 heteroatoms. The summed E-state index contributed by atoms with van der Waals surface area (Å²) in [7, 11) is 0. The second-order valence-corrected chi connectivity index (χ2v) is 6.38. The molecule has 1 aliphatic rings. The molecule has 0 radical (unpaired) electrons. The van der Waals surface area contributed by atoms with E-state index in [-0.39, 0.29) is 11.7 Å². The van der Waals surface area contributed by atoms with Gasteiger partial charge in [-0.05, 0) is 37.0 Å². The second-order valence-electron chi connectivity index (χ2n) is 6.38. The number of rotatable bonds is 6. The number of nitrogens with zero attached hydrogens (tertiary/aromatic N) is 3. The summed E-state index contributed by atoms with van der Waals surface area (Å²) >= 11 is 0. The maximum absolute atomic E-state index is 12.4. The lowest BCUT2D eigenvalue weighted by molar-refractivity contribution is -0.132. The van der Waals surface area contributed by atoms with Gasteiger partial charge < -0.3 is 9.47 Å². The number of benzene rings is 1. The van der Waals surface area contributed by atoms with Crippen LogP contribution in [0.1, 0.15) is 25.7 Å². The molecular formula is C19H23N3O2. The number of amides is 1. The molecule has 0 N–H and O–H groups in total. The highest BCUT2D eigenvalue weighted by Crippen LogP contribution is 2.21. The van der Waals surface area contributed by atoms with Crippen molar-refractivity contribution in [2.75, 3.05) is 13.1 Å². The molecule has 0 unspecified atom stereocenters. The van der Waals surface area contributed by atoms with Crippen molar-refractivity contribution >= 4 is 22.7 Å². The molecule has 0 atom stereocenters. The van der Waals surface area contributed by atoms with E-state index >= 15 is 0 Å². The Morgan fingerprint density at radius 1 is 1.25 bits per heavy atom. The Labute approximate surface area is 142 Å². The van der Waals surface area contributed by atoms with E-state index in [4.69, 9.17) is 0 Å². The molecule has 1 fully saturated rings. The monoisotopic (exact) mass is 325 g/mol. The number of carbonyl (C=O) groups excluding carboxylic acids is 2. The van der Waals surface area contributed by atoms with Crippen molar-refractivity contribution in [1.82, 2.24) is 14.5 Å². The molecule has 1 amide bonds. The SMILES string of the molecule is C=CC(=O)CC1CCN(C(=O)CCn2cnc3ccccc32)CC1. The summed E-state index contributed by atoms with van der Waals surface area (Å²) in [6.45, 7) is 5.66. The Morgan fingerprint density at radius 2 is 2.00 bits per heavy atom. The van der Waals surface area contributed by atoms with Gasteiger partial charge in [-0.3, -0.25) is 9.59 Å². The molecule has 24 heavy (non-hydrogen) atoms. The number of imidazole rings is 1. The van der Waals surface area contributed by atoms with Crippen molar-refractivity contribution in [3.63, 3.8) is 0 Å². The fourth-order valence-electron chi connectivity index (χ4n) is 3.32. The minimum Gasteiger partial charge on any atom is -0.343 e. The van der Waals surface area contributed by atoms with E-state index in [1.807, 2.05) is 33.7 Å². The van der Waals surface area contributed by atoms with Crippen LogP contribution in [0, 0.1) is 5.92 Å². The molecule has 2 aromatic rings. The van der Waals surface area contributed by atoms with Crippen LogP contribution in [0.3, 0.4) is 0 Å². The van der Waals surface area contributed by atoms with E-state index in [0.717, 1.165) is 37.0 Å². The second kappa shape index (κ2) is 7.43. The summed E-state index contributed by atoms with van der Waals surface area (Å²) in [5, 5.41) is 0. The summed E-state index contributed by atoms with van der Waals surface area (Å²) in [5.41, 5.74) is 2.02. The Hall–Kier alpha value is -2.43. The average Bonchev–Trinajstić information content (AvgIpc) is 3.03. The van der Waals surface area contributed by atoms with Crippen molar-refractivity contribution < 1.29 is 9.59 Å². The van der Waals surface area contributed by atoms with Gasteiger partial charge in [-0.2, -0.15) is 0 Å². The number of fused-ring (bicyclic) bond motifs is 1. The molecule has 1 saturated heterocycles. The molecule has 0 bridgehead atoms. The maximum atomic E-state index is 12.4. The lowest BCUT2D eigenvalue weighted by atomic mass is 9.91. The summed E-state index contributed by atoms with van der Waals surface area (Å²) in [4.78, 5) is 30.1. The van der Waals surface area contributed by atoms with Gasteiger partial charge in [-0.25, -0.2) is 4.98 Å². The Bertz CT molecular complexity index is 742. The zero-order valence-electron chi connectivity index (χ0n) is 13.9. The molecule has 1 aromatic heterocycles. The minimum absolute atomic E-state index is 0.103. The van der Waals surface area contributed by atoms with Crippen molar-refractivity contribution in [2.45, 2.75) is 32.2 Å². The molecule has 1 aliphatic heterocycles. The summed E-state index contributed by atoms with van der Waals surface area (Å²) < 4.78 is 2.03. The minimum atomic E-state index is 0.103. The lowest BCUT2D eigenvalue weighted by Crippen LogP contribution is -2.39. The molecule has 0 aliphatic carbocycles. The highest BCUT2D eigenvalue weighted by Gasteiger charge is 2.23. The largest absolute Gasteiger partial charge is 0.343 e. The number of carbonyl (C=O) groups is 2. The smallest absolute Gasteiger partial charge is 0.224 e. The number of hydrogen-bond acceptors (Lipinski definition) is 3. The summed E-state index contributed by atoms with van der Waals surface area (Å²) in [6, 6.07) is 7.95. The first-order valence-corrected chi connectivity index (χ1v) is 8.50. The Kier molecular flexibility index (Phi) is 5.08. The molecule has 0 spiro atoms. The number of ketones is 1. The molecule has 3 rings (SSSR count). The van der Waals surface area contributed by atoms with Crippen LogP contribution in [-0.2, 0) is 16.1 Å². The van der Waals surface area contributed by atoms with E-state index in [1.54, 1.807) is 6.33 Å². The zero-order valence-corrected chi connectivity index (χ0v) is 13.9. The summed E-state index contributed by atoms with van der Waals surface area (Å²) in [6.07, 6.45) is 6.04. The number of aromatic nitrogens is 2. The molecule has 126 valence electrons. The zero-order chi connectivity index (χ0) is 16.9. The van der Waals surface area contributed by atoms with Gasteiger partial charge in [0.1, 0.15) is 0 Å². The fraction of sp³-hybridized carbons (Fsp3) is 0.421. The first kappa shape index (κ1) is 16.4. The number of likely N-dealkylation sites (tertiary alicyclic amines) is 1. The number of aryl methyl sites for hydroxylation is 1. The van der Waals surface area contributed by atoms with Gasteiger partial charge in [0, 0.05) is 32.5 Å². The van der Waals surface area contributed by atoms with Gasteiger partial charge >= 0.3 is 0 Å². The first-order valence-electron chi connectivity index (χ1n) is 8.50. The Balaban J connectivity index is 1.49. The van der Waals surface area contributed by atoms with Gasteiger partial charge in [0.05, 0.1) is 17.4 Å². The molecule has 0 saturated carbocycles. The number of piperidine rings is 1. The highest BCUT2D eigenvalue weighted by molar-refractivity contribution is 5.89. The third-order valence-electron chi connectivity index (χ3n) is 4.78. The normalized spacial score (nSPS) is 15.6. The van der Waals surface area contributed by atoms with Crippen LogP contribution < -0.4 is 0 Å². The van der Waals surface area contributed by atoms with Crippen LogP contribution in [0.5, 0.6) is 0 Å². The van der Waals surface area contributed by atoms with Crippen LogP contribution in [0.25, 0.3) is 11.0 Å². The van der Waals surface area contributed by atoms with Crippen LogP contribution in [-0.4, -0.2) is 39.2 Å². The van der Waals surface area contributed by atoms with Gasteiger partial charge in [0.15, 0.2) is 5.78 Å².